The molecular weight excluding hydrogens is 290 g/mol. The van der Waals surface area contributed by atoms with Crippen molar-refractivity contribution in [2.24, 2.45) is 0 Å². The molecule has 0 amide bonds. The second-order valence-corrected chi connectivity index (χ2v) is 4.63. The van der Waals surface area contributed by atoms with Crippen LogP contribution in [0, 0.1) is 22.0 Å². The van der Waals surface area contributed by atoms with E-state index in [1.807, 2.05) is 0 Å². The molecule has 1 aromatic carbocycles. The molecule has 6 heteroatoms. The largest absolute Gasteiger partial charge is 0.346 e. The van der Waals surface area contributed by atoms with Crippen LogP contribution in [0.2, 0.25) is 5.02 Å². The van der Waals surface area contributed by atoms with Crippen molar-refractivity contribution in [1.29, 1.82) is 0 Å². The Kier molecular flexibility index (Phi) is 3.30. The van der Waals surface area contributed by atoms with Crippen LogP contribution in [0.25, 0.3) is 11.0 Å². The van der Waals surface area contributed by atoms with Crippen molar-refractivity contribution in [3.05, 3.63) is 69.0 Å². The maximum atomic E-state index is 10.9. The van der Waals surface area contributed by atoms with E-state index in [-0.39, 0.29) is 5.69 Å². The van der Waals surface area contributed by atoms with Gasteiger partial charge in [0.15, 0.2) is 0 Å². The number of H-pyrrole nitrogens is 1. The number of benzene rings is 1. The highest BCUT2D eigenvalue weighted by atomic mass is 35.5. The zero-order valence-corrected chi connectivity index (χ0v) is 11.4. The van der Waals surface area contributed by atoms with E-state index in [4.69, 9.17) is 11.6 Å². The molecule has 2 heterocycles. The fourth-order valence-electron chi connectivity index (χ4n) is 1.94. The Hall–Kier alpha value is -2.84. The van der Waals surface area contributed by atoms with Gasteiger partial charge in [-0.05, 0) is 12.1 Å². The smallest absolute Gasteiger partial charge is 0.284 e. The van der Waals surface area contributed by atoms with Gasteiger partial charge in [0.05, 0.1) is 15.5 Å². The maximum Gasteiger partial charge on any atom is 0.284 e. The molecule has 0 unspecified atom stereocenters. The first kappa shape index (κ1) is 13.2. The summed E-state index contributed by atoms with van der Waals surface area (Å²) >= 11 is 6.26. The Morgan fingerprint density at radius 3 is 2.76 bits per heavy atom. The third-order valence-corrected chi connectivity index (χ3v) is 3.36. The second-order valence-electron chi connectivity index (χ2n) is 4.25. The van der Waals surface area contributed by atoms with Gasteiger partial charge in [-0.2, -0.15) is 0 Å². The summed E-state index contributed by atoms with van der Waals surface area (Å²) in [5.41, 5.74) is 1.52. The van der Waals surface area contributed by atoms with Crippen molar-refractivity contribution in [2.75, 3.05) is 0 Å². The third-order valence-electron chi connectivity index (χ3n) is 2.95. The van der Waals surface area contributed by atoms with Crippen LogP contribution in [-0.2, 0) is 0 Å². The molecule has 21 heavy (non-hydrogen) atoms. The van der Waals surface area contributed by atoms with Gasteiger partial charge in [-0.25, -0.2) is 4.98 Å². The molecule has 2 aromatic heterocycles. The SMILES string of the molecule is O=[N+]([O-])c1ccccc1C#Cc1cnc2[nH]ccc2c1Cl. The van der Waals surface area contributed by atoms with Gasteiger partial charge in [0.1, 0.15) is 11.2 Å². The van der Waals surface area contributed by atoms with Crippen molar-refractivity contribution in [2.45, 2.75) is 0 Å². The molecule has 0 aliphatic carbocycles. The van der Waals surface area contributed by atoms with Crippen LogP contribution in [0.4, 0.5) is 5.69 Å². The summed E-state index contributed by atoms with van der Waals surface area (Å²) in [7, 11) is 0. The van der Waals surface area contributed by atoms with Gasteiger partial charge < -0.3 is 4.98 Å². The number of nitro groups is 1. The van der Waals surface area contributed by atoms with E-state index in [1.165, 1.54) is 6.07 Å². The molecule has 0 radical (unpaired) electrons. The first-order valence-corrected chi connectivity index (χ1v) is 6.41. The first-order valence-electron chi connectivity index (χ1n) is 6.04. The number of aromatic amines is 1. The fourth-order valence-corrected chi connectivity index (χ4v) is 2.18. The van der Waals surface area contributed by atoms with Gasteiger partial charge in [-0.3, -0.25) is 10.1 Å². The van der Waals surface area contributed by atoms with Crippen molar-refractivity contribution in [3.8, 4) is 11.8 Å². The summed E-state index contributed by atoms with van der Waals surface area (Å²) in [6.45, 7) is 0. The van der Waals surface area contributed by atoms with Gasteiger partial charge in [-0.15, -0.1) is 0 Å². The van der Waals surface area contributed by atoms with Crippen molar-refractivity contribution in [3.63, 3.8) is 0 Å². The molecule has 3 aromatic rings. The van der Waals surface area contributed by atoms with Crippen molar-refractivity contribution >= 4 is 28.3 Å². The van der Waals surface area contributed by atoms with Gasteiger partial charge in [0.25, 0.3) is 5.69 Å². The topological polar surface area (TPSA) is 71.8 Å². The Labute approximate surface area is 124 Å². The highest BCUT2D eigenvalue weighted by Gasteiger charge is 2.10. The summed E-state index contributed by atoms with van der Waals surface area (Å²) in [5, 5.41) is 12.2. The van der Waals surface area contributed by atoms with Crippen LogP contribution in [0.15, 0.2) is 42.7 Å². The number of hydrogen-bond donors (Lipinski definition) is 1. The molecule has 0 fully saturated rings. The third kappa shape index (κ3) is 2.45. The second kappa shape index (κ2) is 5.27. The number of hydrogen-bond acceptors (Lipinski definition) is 3. The Morgan fingerprint density at radius 1 is 1.19 bits per heavy atom. The highest BCUT2D eigenvalue weighted by molar-refractivity contribution is 6.36. The standard InChI is InChI=1S/C15H8ClN3O2/c16-14-11(9-18-15-12(14)7-8-17-15)6-5-10-3-1-2-4-13(10)19(20)21/h1-4,7-9H,(H,17,18). The summed E-state index contributed by atoms with van der Waals surface area (Å²) in [4.78, 5) is 17.6. The highest BCUT2D eigenvalue weighted by Crippen LogP contribution is 2.24. The lowest BCUT2D eigenvalue weighted by Crippen LogP contribution is -1.91. The normalized spacial score (nSPS) is 10.1. The molecule has 0 saturated carbocycles. The minimum Gasteiger partial charge on any atom is -0.346 e. The molecule has 0 atom stereocenters. The zero-order valence-electron chi connectivity index (χ0n) is 10.6. The zero-order chi connectivity index (χ0) is 14.8. The number of nitrogens with one attached hydrogen (secondary N) is 1. The lowest BCUT2D eigenvalue weighted by Gasteiger charge is -1.97. The molecular formula is C15H8ClN3O2. The van der Waals surface area contributed by atoms with Crippen LogP contribution in [0.3, 0.4) is 0 Å². The number of rotatable bonds is 1. The van der Waals surface area contributed by atoms with Gasteiger partial charge >= 0.3 is 0 Å². The van der Waals surface area contributed by atoms with Crippen LogP contribution < -0.4 is 0 Å². The first-order chi connectivity index (χ1) is 10.2. The molecule has 102 valence electrons. The van der Waals surface area contributed by atoms with E-state index >= 15 is 0 Å². The molecule has 1 N–H and O–H groups in total. The minimum atomic E-state index is -0.459. The van der Waals surface area contributed by atoms with E-state index < -0.39 is 4.92 Å². The van der Waals surface area contributed by atoms with Crippen LogP contribution in [-0.4, -0.2) is 14.9 Å². The molecule has 5 nitrogen and oxygen atoms in total. The van der Waals surface area contributed by atoms with Crippen molar-refractivity contribution < 1.29 is 4.92 Å². The summed E-state index contributed by atoms with van der Waals surface area (Å²) in [5.74, 6) is 5.63. The number of para-hydroxylation sites is 1. The van der Waals surface area contributed by atoms with Crippen LogP contribution >= 0.6 is 11.6 Å². The number of aromatic nitrogens is 2. The summed E-state index contributed by atoms with van der Waals surface area (Å²) in [6.07, 6.45) is 3.28. The quantitative estimate of drug-likeness (QED) is 0.424. The average Bonchev–Trinajstić information content (AvgIpc) is 2.96. The predicted octanol–water partition coefficient (Wildman–Crippen LogP) is 3.52. The lowest BCUT2D eigenvalue weighted by molar-refractivity contribution is -0.385. The maximum absolute atomic E-state index is 10.9. The average molecular weight is 298 g/mol. The molecule has 0 bridgehead atoms. The Balaban J connectivity index is 2.08. The molecule has 0 saturated heterocycles. The number of pyridine rings is 1. The number of nitrogens with zero attached hydrogens (tertiary/aromatic N) is 2. The number of fused-ring (bicyclic) bond motifs is 1. The van der Waals surface area contributed by atoms with E-state index in [0.29, 0.717) is 21.8 Å². The Morgan fingerprint density at radius 2 is 1.95 bits per heavy atom. The summed E-state index contributed by atoms with van der Waals surface area (Å²) < 4.78 is 0. The molecule has 3 rings (SSSR count). The van der Waals surface area contributed by atoms with Gasteiger partial charge in [0.2, 0.25) is 0 Å². The molecule has 0 spiro atoms. The van der Waals surface area contributed by atoms with Crippen molar-refractivity contribution in [1.82, 2.24) is 9.97 Å². The summed E-state index contributed by atoms with van der Waals surface area (Å²) in [6, 6.07) is 8.12. The van der Waals surface area contributed by atoms with Crippen LogP contribution in [0.5, 0.6) is 0 Å². The number of nitro benzene ring substituents is 1. The van der Waals surface area contributed by atoms with E-state index in [1.54, 1.807) is 36.7 Å². The predicted molar refractivity (Wildman–Crippen MR) is 80.2 cm³/mol. The minimum absolute atomic E-state index is 0.0307. The van der Waals surface area contributed by atoms with E-state index in [9.17, 15) is 10.1 Å². The number of halogens is 1. The Bertz CT molecular complexity index is 906. The molecule has 0 aliphatic rings. The van der Waals surface area contributed by atoms with E-state index in [2.05, 4.69) is 21.8 Å². The lowest BCUT2D eigenvalue weighted by atomic mass is 10.1. The van der Waals surface area contributed by atoms with Gasteiger partial charge in [0, 0.05) is 23.8 Å². The molecule has 0 aliphatic heterocycles. The monoisotopic (exact) mass is 297 g/mol. The van der Waals surface area contributed by atoms with Crippen LogP contribution in [0.1, 0.15) is 11.1 Å². The fraction of sp³-hybridized carbons (Fsp3) is 0. The van der Waals surface area contributed by atoms with E-state index in [0.717, 1.165) is 5.39 Å². The van der Waals surface area contributed by atoms with Gasteiger partial charge in [-0.1, -0.05) is 35.6 Å².